The number of nitrogens with one attached hydrogen (secondary N) is 1. The van der Waals surface area contributed by atoms with Gasteiger partial charge in [0, 0.05) is 18.1 Å². The third kappa shape index (κ3) is 5.53. The molecule has 0 saturated heterocycles. The lowest BCUT2D eigenvalue weighted by molar-refractivity contribution is -0.119. The van der Waals surface area contributed by atoms with E-state index in [-0.39, 0.29) is 5.69 Å². The molecule has 0 fully saturated rings. The molecule has 0 unspecified atom stereocenters. The number of nitrogens with zero attached hydrogens (tertiary/aromatic N) is 4. The summed E-state index contributed by atoms with van der Waals surface area (Å²) < 4.78 is 4.89. The van der Waals surface area contributed by atoms with Crippen molar-refractivity contribution >= 4 is 28.9 Å². The SMILES string of the molecule is O=C(COC(=O)c1cnccn1)Nc1ccc(N=Nc2ccccc2)cc1. The standard InChI is InChI=1S/C19H15N5O3/c25-18(13-27-19(26)17-12-20-10-11-21-17)22-14-6-8-16(9-7-14)24-23-15-4-2-1-3-5-15/h1-12H,13H2,(H,22,25). The van der Waals surface area contributed by atoms with E-state index in [0.29, 0.717) is 11.4 Å². The van der Waals surface area contributed by atoms with Crippen molar-refractivity contribution in [3.05, 3.63) is 78.9 Å². The van der Waals surface area contributed by atoms with Crippen molar-refractivity contribution in [2.75, 3.05) is 11.9 Å². The van der Waals surface area contributed by atoms with E-state index >= 15 is 0 Å². The molecule has 0 spiro atoms. The zero-order valence-corrected chi connectivity index (χ0v) is 14.1. The van der Waals surface area contributed by atoms with Gasteiger partial charge in [-0.2, -0.15) is 10.2 Å². The second kappa shape index (κ2) is 8.95. The van der Waals surface area contributed by atoms with E-state index in [9.17, 15) is 9.59 Å². The molecule has 3 rings (SSSR count). The molecule has 3 aromatic rings. The van der Waals surface area contributed by atoms with Crippen LogP contribution < -0.4 is 5.32 Å². The highest BCUT2D eigenvalue weighted by Crippen LogP contribution is 2.19. The van der Waals surface area contributed by atoms with Crippen molar-refractivity contribution in [1.82, 2.24) is 9.97 Å². The molecule has 1 N–H and O–H groups in total. The number of carbonyl (C=O) groups excluding carboxylic acids is 2. The van der Waals surface area contributed by atoms with E-state index in [2.05, 4.69) is 25.5 Å². The molecule has 8 nitrogen and oxygen atoms in total. The van der Waals surface area contributed by atoms with Gasteiger partial charge in [0.2, 0.25) is 0 Å². The minimum absolute atomic E-state index is 0.0402. The van der Waals surface area contributed by atoms with Crippen LogP contribution in [0, 0.1) is 0 Å². The van der Waals surface area contributed by atoms with Crippen molar-refractivity contribution in [3.8, 4) is 0 Å². The number of esters is 1. The molecule has 134 valence electrons. The quantitative estimate of drug-likeness (QED) is 0.532. The van der Waals surface area contributed by atoms with E-state index < -0.39 is 18.5 Å². The van der Waals surface area contributed by atoms with Crippen molar-refractivity contribution in [2.45, 2.75) is 0 Å². The summed E-state index contributed by atoms with van der Waals surface area (Å²) in [7, 11) is 0. The molecule has 1 heterocycles. The zero-order chi connectivity index (χ0) is 18.9. The topological polar surface area (TPSA) is 106 Å². The highest BCUT2D eigenvalue weighted by atomic mass is 16.5. The number of hydrogen-bond acceptors (Lipinski definition) is 7. The van der Waals surface area contributed by atoms with Gasteiger partial charge in [0.15, 0.2) is 12.3 Å². The van der Waals surface area contributed by atoms with E-state index in [1.807, 2.05) is 30.3 Å². The average molecular weight is 361 g/mol. The first-order valence-corrected chi connectivity index (χ1v) is 8.00. The minimum atomic E-state index is -0.713. The first-order valence-electron chi connectivity index (χ1n) is 8.00. The average Bonchev–Trinajstić information content (AvgIpc) is 2.73. The summed E-state index contributed by atoms with van der Waals surface area (Å²) in [6.07, 6.45) is 4.07. The molecule has 0 aliphatic rings. The molecule has 27 heavy (non-hydrogen) atoms. The van der Waals surface area contributed by atoms with Gasteiger partial charge in [-0.3, -0.25) is 9.78 Å². The van der Waals surface area contributed by atoms with Crippen LogP contribution in [0.3, 0.4) is 0 Å². The van der Waals surface area contributed by atoms with Crippen molar-refractivity contribution in [3.63, 3.8) is 0 Å². The lowest BCUT2D eigenvalue weighted by atomic mass is 10.3. The number of carbonyl (C=O) groups is 2. The molecule has 0 aliphatic carbocycles. The molecule has 0 radical (unpaired) electrons. The fraction of sp³-hybridized carbons (Fsp3) is 0.0526. The van der Waals surface area contributed by atoms with Gasteiger partial charge >= 0.3 is 5.97 Å². The Morgan fingerprint density at radius 2 is 1.63 bits per heavy atom. The molecule has 2 aromatic carbocycles. The van der Waals surface area contributed by atoms with Crippen molar-refractivity contribution in [1.29, 1.82) is 0 Å². The summed E-state index contributed by atoms with van der Waals surface area (Å²) in [5, 5.41) is 10.9. The third-order valence-corrected chi connectivity index (χ3v) is 3.29. The number of ether oxygens (including phenoxy) is 1. The normalized spacial score (nSPS) is 10.5. The molecule has 8 heteroatoms. The van der Waals surface area contributed by atoms with Crippen LogP contribution in [0.1, 0.15) is 10.5 Å². The maximum absolute atomic E-state index is 11.9. The number of amides is 1. The van der Waals surface area contributed by atoms with Gasteiger partial charge in [0.1, 0.15) is 0 Å². The van der Waals surface area contributed by atoms with Gasteiger partial charge < -0.3 is 10.1 Å². The van der Waals surface area contributed by atoms with Crippen LogP contribution in [-0.4, -0.2) is 28.5 Å². The number of rotatable bonds is 6. The number of benzene rings is 2. The smallest absolute Gasteiger partial charge is 0.359 e. The van der Waals surface area contributed by atoms with E-state index in [4.69, 9.17) is 4.74 Å². The Bertz CT molecular complexity index is 929. The van der Waals surface area contributed by atoms with Crippen molar-refractivity contribution in [2.24, 2.45) is 10.2 Å². The van der Waals surface area contributed by atoms with Crippen LogP contribution in [0.25, 0.3) is 0 Å². The first kappa shape index (κ1) is 17.9. The van der Waals surface area contributed by atoms with Gasteiger partial charge in [-0.15, -0.1) is 0 Å². The van der Waals surface area contributed by atoms with Crippen LogP contribution >= 0.6 is 0 Å². The second-order valence-electron chi connectivity index (χ2n) is 5.30. The predicted octanol–water partition coefficient (Wildman–Crippen LogP) is 3.69. The summed E-state index contributed by atoms with van der Waals surface area (Å²) in [4.78, 5) is 31.1. The first-order chi connectivity index (χ1) is 13.2. The fourth-order valence-electron chi connectivity index (χ4n) is 2.03. The molecule has 1 amide bonds. The van der Waals surface area contributed by atoms with Gasteiger partial charge in [-0.05, 0) is 36.4 Å². The van der Waals surface area contributed by atoms with E-state index in [0.717, 1.165) is 5.69 Å². The Labute approximate surface area is 155 Å². The minimum Gasteiger partial charge on any atom is -0.451 e. The van der Waals surface area contributed by atoms with Gasteiger partial charge in [0.05, 0.1) is 17.6 Å². The molecule has 0 atom stereocenters. The highest BCUT2D eigenvalue weighted by molar-refractivity contribution is 5.94. The Morgan fingerprint density at radius 1 is 0.926 bits per heavy atom. The lowest BCUT2D eigenvalue weighted by Gasteiger charge is -2.06. The zero-order valence-electron chi connectivity index (χ0n) is 14.1. The number of aromatic nitrogens is 2. The van der Waals surface area contributed by atoms with Crippen LogP contribution in [-0.2, 0) is 9.53 Å². The summed E-state index contributed by atoms with van der Waals surface area (Å²) in [5.41, 5.74) is 1.98. The highest BCUT2D eigenvalue weighted by Gasteiger charge is 2.11. The summed E-state index contributed by atoms with van der Waals surface area (Å²) >= 11 is 0. The number of anilines is 1. The third-order valence-electron chi connectivity index (χ3n) is 3.29. The Hall–Kier alpha value is -3.94. The Balaban J connectivity index is 1.50. The van der Waals surface area contributed by atoms with E-state index in [1.165, 1.54) is 18.6 Å². The van der Waals surface area contributed by atoms with Gasteiger partial charge in [0.25, 0.3) is 5.91 Å². The van der Waals surface area contributed by atoms with Crippen molar-refractivity contribution < 1.29 is 14.3 Å². The fourth-order valence-corrected chi connectivity index (χ4v) is 2.03. The molecular formula is C19H15N5O3. The van der Waals surface area contributed by atoms with Crippen LogP contribution in [0.4, 0.5) is 17.1 Å². The Kier molecular flexibility index (Phi) is 5.92. The van der Waals surface area contributed by atoms with Crippen LogP contribution in [0.5, 0.6) is 0 Å². The molecule has 1 aromatic heterocycles. The summed E-state index contributed by atoms with van der Waals surface area (Å²) in [5.74, 6) is -1.18. The second-order valence-corrected chi connectivity index (χ2v) is 5.30. The number of azo groups is 1. The van der Waals surface area contributed by atoms with Crippen LogP contribution in [0.15, 0.2) is 83.4 Å². The van der Waals surface area contributed by atoms with E-state index in [1.54, 1.807) is 24.3 Å². The maximum atomic E-state index is 11.9. The Morgan fingerprint density at radius 3 is 2.30 bits per heavy atom. The van der Waals surface area contributed by atoms with Gasteiger partial charge in [-0.25, -0.2) is 9.78 Å². The summed E-state index contributed by atoms with van der Waals surface area (Å²) in [6.45, 7) is -0.426. The predicted molar refractivity (Wildman–Crippen MR) is 98.0 cm³/mol. The molecule has 0 saturated carbocycles. The lowest BCUT2D eigenvalue weighted by Crippen LogP contribution is -2.21. The molecule has 0 aliphatic heterocycles. The van der Waals surface area contributed by atoms with Crippen LogP contribution in [0.2, 0.25) is 0 Å². The largest absolute Gasteiger partial charge is 0.451 e. The number of hydrogen-bond donors (Lipinski definition) is 1. The molecular weight excluding hydrogens is 346 g/mol. The summed E-state index contributed by atoms with van der Waals surface area (Å²) in [6, 6.07) is 16.2. The molecule has 0 bridgehead atoms. The maximum Gasteiger partial charge on any atom is 0.359 e. The monoisotopic (exact) mass is 361 g/mol. The van der Waals surface area contributed by atoms with Gasteiger partial charge in [-0.1, -0.05) is 18.2 Å².